The predicted molar refractivity (Wildman–Crippen MR) is 95.3 cm³/mol. The van der Waals surface area contributed by atoms with Crippen molar-refractivity contribution >= 4 is 33.4 Å². The third-order valence-corrected chi connectivity index (χ3v) is 3.91. The van der Waals surface area contributed by atoms with Crippen LogP contribution in [0.1, 0.15) is 24.2 Å². The fraction of sp³-hybridized carbons (Fsp3) is 0.222. The van der Waals surface area contributed by atoms with Crippen molar-refractivity contribution in [3.8, 4) is 0 Å². The van der Waals surface area contributed by atoms with Gasteiger partial charge in [-0.3, -0.25) is 9.59 Å². The number of amides is 2. The van der Waals surface area contributed by atoms with Crippen LogP contribution >= 0.6 is 15.9 Å². The highest BCUT2D eigenvalue weighted by atomic mass is 79.9. The zero-order valence-corrected chi connectivity index (χ0v) is 14.6. The van der Waals surface area contributed by atoms with E-state index in [-0.39, 0.29) is 17.7 Å². The van der Waals surface area contributed by atoms with E-state index in [4.69, 9.17) is 0 Å². The number of carbonyl (C=O) groups is 2. The zero-order valence-electron chi connectivity index (χ0n) is 13.0. The summed E-state index contributed by atoms with van der Waals surface area (Å²) in [6.07, 6.45) is 0. The van der Waals surface area contributed by atoms with E-state index in [0.717, 1.165) is 4.47 Å². The normalized spacial score (nSPS) is 11.8. The van der Waals surface area contributed by atoms with Crippen LogP contribution in [0.5, 0.6) is 0 Å². The molecule has 0 aliphatic heterocycles. The molecule has 0 spiro atoms. The molecular formula is C18H19BrN2O2. The van der Waals surface area contributed by atoms with Crippen LogP contribution in [-0.2, 0) is 4.79 Å². The van der Waals surface area contributed by atoms with Crippen molar-refractivity contribution in [2.45, 2.75) is 19.9 Å². The van der Waals surface area contributed by atoms with E-state index in [0.29, 0.717) is 11.3 Å². The molecule has 5 heteroatoms. The minimum atomic E-state index is -0.605. The molecule has 0 aliphatic rings. The maximum Gasteiger partial charge on any atom is 0.251 e. The summed E-state index contributed by atoms with van der Waals surface area (Å²) in [5.74, 6) is -0.514. The van der Waals surface area contributed by atoms with Gasteiger partial charge in [-0.05, 0) is 42.3 Å². The van der Waals surface area contributed by atoms with Gasteiger partial charge in [-0.15, -0.1) is 0 Å². The first-order chi connectivity index (χ1) is 11.0. The Kier molecular flexibility index (Phi) is 5.93. The molecule has 0 aliphatic carbocycles. The van der Waals surface area contributed by atoms with Gasteiger partial charge in [0.1, 0.15) is 6.04 Å². The molecule has 0 aromatic heterocycles. The number of rotatable bonds is 5. The van der Waals surface area contributed by atoms with Crippen LogP contribution in [0.2, 0.25) is 0 Å². The first kappa shape index (κ1) is 17.2. The number of hydrogen-bond acceptors (Lipinski definition) is 2. The lowest BCUT2D eigenvalue weighted by molar-refractivity contribution is -0.118. The Morgan fingerprint density at radius 3 is 2.13 bits per heavy atom. The highest BCUT2D eigenvalue weighted by Gasteiger charge is 2.24. The molecule has 1 atom stereocenters. The van der Waals surface area contributed by atoms with Gasteiger partial charge in [0.2, 0.25) is 5.91 Å². The van der Waals surface area contributed by atoms with Gasteiger partial charge < -0.3 is 10.6 Å². The standard InChI is InChI=1S/C18H19BrN2O2/c1-12(2)16(21-17(22)13-6-4-3-5-7-13)18(23)20-15-10-8-14(19)9-11-15/h3-12,16H,1-2H3,(H,20,23)(H,21,22). The molecule has 2 amide bonds. The molecule has 2 N–H and O–H groups in total. The summed E-state index contributed by atoms with van der Waals surface area (Å²) < 4.78 is 0.938. The number of hydrogen-bond donors (Lipinski definition) is 2. The molecule has 0 radical (unpaired) electrons. The van der Waals surface area contributed by atoms with Crippen molar-refractivity contribution in [1.82, 2.24) is 5.32 Å². The number of carbonyl (C=O) groups excluding carboxylic acids is 2. The third kappa shape index (κ3) is 4.93. The van der Waals surface area contributed by atoms with Crippen molar-refractivity contribution < 1.29 is 9.59 Å². The Labute approximate surface area is 144 Å². The summed E-state index contributed by atoms with van der Waals surface area (Å²) in [6, 6.07) is 15.6. The Balaban J connectivity index is 2.07. The van der Waals surface area contributed by atoms with Crippen LogP contribution in [0.3, 0.4) is 0 Å². The second kappa shape index (κ2) is 7.92. The topological polar surface area (TPSA) is 58.2 Å². The molecule has 2 rings (SSSR count). The highest BCUT2D eigenvalue weighted by Crippen LogP contribution is 2.15. The summed E-state index contributed by atoms with van der Waals surface area (Å²) in [7, 11) is 0. The van der Waals surface area contributed by atoms with Crippen molar-refractivity contribution in [3.63, 3.8) is 0 Å². The predicted octanol–water partition coefficient (Wildman–Crippen LogP) is 3.84. The lowest BCUT2D eigenvalue weighted by Gasteiger charge is -2.21. The molecular weight excluding hydrogens is 356 g/mol. The van der Waals surface area contributed by atoms with Gasteiger partial charge in [-0.25, -0.2) is 0 Å². The van der Waals surface area contributed by atoms with Gasteiger partial charge in [0.25, 0.3) is 5.91 Å². The Morgan fingerprint density at radius 1 is 0.957 bits per heavy atom. The molecule has 2 aromatic rings. The number of anilines is 1. The van der Waals surface area contributed by atoms with Crippen molar-refractivity contribution in [2.24, 2.45) is 5.92 Å². The van der Waals surface area contributed by atoms with E-state index < -0.39 is 6.04 Å². The van der Waals surface area contributed by atoms with Crippen molar-refractivity contribution in [1.29, 1.82) is 0 Å². The van der Waals surface area contributed by atoms with E-state index in [9.17, 15) is 9.59 Å². The van der Waals surface area contributed by atoms with Crippen molar-refractivity contribution in [2.75, 3.05) is 5.32 Å². The van der Waals surface area contributed by atoms with E-state index in [1.165, 1.54) is 0 Å². The molecule has 120 valence electrons. The smallest absolute Gasteiger partial charge is 0.251 e. The van der Waals surface area contributed by atoms with Gasteiger partial charge in [0.05, 0.1) is 0 Å². The van der Waals surface area contributed by atoms with Gasteiger partial charge in [-0.1, -0.05) is 48.0 Å². The van der Waals surface area contributed by atoms with E-state index in [1.807, 2.05) is 32.0 Å². The maximum absolute atomic E-state index is 12.5. The van der Waals surface area contributed by atoms with Gasteiger partial charge >= 0.3 is 0 Å². The molecule has 4 nitrogen and oxygen atoms in total. The second-order valence-corrected chi connectivity index (χ2v) is 6.47. The molecule has 0 bridgehead atoms. The van der Waals surface area contributed by atoms with Crippen LogP contribution in [0.4, 0.5) is 5.69 Å². The molecule has 0 fully saturated rings. The van der Waals surface area contributed by atoms with Crippen LogP contribution in [0.15, 0.2) is 59.1 Å². The molecule has 1 unspecified atom stereocenters. The summed E-state index contributed by atoms with van der Waals surface area (Å²) in [5.41, 5.74) is 1.23. The minimum Gasteiger partial charge on any atom is -0.340 e. The lowest BCUT2D eigenvalue weighted by atomic mass is 10.0. The molecule has 2 aromatic carbocycles. The average molecular weight is 375 g/mol. The Bertz CT molecular complexity index is 669. The SMILES string of the molecule is CC(C)C(NC(=O)c1ccccc1)C(=O)Nc1ccc(Br)cc1. The van der Waals surface area contributed by atoms with Crippen LogP contribution < -0.4 is 10.6 Å². The fourth-order valence-corrected chi connectivity index (χ4v) is 2.37. The van der Waals surface area contributed by atoms with Crippen LogP contribution in [0, 0.1) is 5.92 Å². The number of nitrogens with one attached hydrogen (secondary N) is 2. The maximum atomic E-state index is 12.5. The average Bonchev–Trinajstić information content (AvgIpc) is 2.55. The third-order valence-electron chi connectivity index (χ3n) is 3.38. The minimum absolute atomic E-state index is 0.0295. The summed E-state index contributed by atoms with van der Waals surface area (Å²) >= 11 is 3.35. The van der Waals surface area contributed by atoms with Gasteiger partial charge in [0.15, 0.2) is 0 Å². The van der Waals surface area contributed by atoms with Gasteiger partial charge in [0, 0.05) is 15.7 Å². The summed E-state index contributed by atoms with van der Waals surface area (Å²) in [6.45, 7) is 3.80. The Morgan fingerprint density at radius 2 is 1.57 bits per heavy atom. The number of halogens is 1. The zero-order chi connectivity index (χ0) is 16.8. The van der Waals surface area contributed by atoms with Crippen LogP contribution in [0.25, 0.3) is 0 Å². The van der Waals surface area contributed by atoms with Crippen molar-refractivity contribution in [3.05, 3.63) is 64.6 Å². The molecule has 0 saturated heterocycles. The molecule has 23 heavy (non-hydrogen) atoms. The quantitative estimate of drug-likeness (QED) is 0.834. The second-order valence-electron chi connectivity index (χ2n) is 5.56. The van der Waals surface area contributed by atoms with E-state index in [2.05, 4.69) is 26.6 Å². The van der Waals surface area contributed by atoms with Crippen LogP contribution in [-0.4, -0.2) is 17.9 Å². The first-order valence-electron chi connectivity index (χ1n) is 7.39. The Hall–Kier alpha value is -2.14. The summed E-state index contributed by atoms with van der Waals surface area (Å²) in [4.78, 5) is 24.7. The largest absolute Gasteiger partial charge is 0.340 e. The fourth-order valence-electron chi connectivity index (χ4n) is 2.10. The monoisotopic (exact) mass is 374 g/mol. The van der Waals surface area contributed by atoms with E-state index in [1.54, 1.807) is 36.4 Å². The van der Waals surface area contributed by atoms with E-state index >= 15 is 0 Å². The van der Waals surface area contributed by atoms with Gasteiger partial charge in [-0.2, -0.15) is 0 Å². The first-order valence-corrected chi connectivity index (χ1v) is 8.19. The number of benzene rings is 2. The lowest BCUT2D eigenvalue weighted by Crippen LogP contribution is -2.47. The molecule has 0 heterocycles. The highest BCUT2D eigenvalue weighted by molar-refractivity contribution is 9.10. The summed E-state index contributed by atoms with van der Waals surface area (Å²) in [5, 5.41) is 5.64. The molecule has 0 saturated carbocycles.